The van der Waals surface area contributed by atoms with Crippen molar-refractivity contribution in [1.29, 1.82) is 0 Å². The van der Waals surface area contributed by atoms with Gasteiger partial charge in [-0.25, -0.2) is 0 Å². The van der Waals surface area contributed by atoms with E-state index in [9.17, 15) is 9.59 Å². The second kappa shape index (κ2) is 9.46. The van der Waals surface area contributed by atoms with Gasteiger partial charge >= 0.3 is 5.97 Å². The molecule has 3 N–H and O–H groups in total. The highest BCUT2D eigenvalue weighted by atomic mass is 16.5. The predicted molar refractivity (Wildman–Crippen MR) is 115 cm³/mol. The first-order valence-electron chi connectivity index (χ1n) is 10.3. The molecule has 166 valence electrons. The van der Waals surface area contributed by atoms with Crippen LogP contribution < -0.4 is 11.1 Å². The largest absolute Gasteiger partial charge is 0.467 e. The van der Waals surface area contributed by atoms with Crippen LogP contribution in [-0.4, -0.2) is 38.3 Å². The lowest BCUT2D eigenvalue weighted by atomic mass is 10.1. The molecule has 4 rings (SSSR count). The molecule has 1 amide bonds. The number of esters is 1. The van der Waals surface area contributed by atoms with E-state index in [1.165, 1.54) is 0 Å². The molecule has 0 unspecified atom stereocenters. The molecular weight excluding hydrogens is 412 g/mol. The van der Waals surface area contributed by atoms with Crippen LogP contribution in [-0.2, 0) is 33.9 Å². The summed E-state index contributed by atoms with van der Waals surface area (Å²) in [5.41, 5.74) is 7.78. The van der Waals surface area contributed by atoms with E-state index in [-0.39, 0.29) is 43.2 Å². The van der Waals surface area contributed by atoms with Crippen molar-refractivity contribution in [2.45, 2.75) is 32.9 Å². The highest BCUT2D eigenvalue weighted by Crippen LogP contribution is 2.23. The van der Waals surface area contributed by atoms with E-state index in [1.807, 2.05) is 24.3 Å². The topological polar surface area (TPSA) is 136 Å². The van der Waals surface area contributed by atoms with Crippen molar-refractivity contribution in [3.63, 3.8) is 0 Å². The number of nitrogens with zero attached hydrogens (tertiary/aromatic N) is 4. The van der Waals surface area contributed by atoms with Gasteiger partial charge in [-0.15, -0.1) is 0 Å². The lowest BCUT2D eigenvalue weighted by Gasteiger charge is -2.14. The van der Waals surface area contributed by atoms with Crippen molar-refractivity contribution in [1.82, 2.24) is 19.9 Å². The molecule has 1 aliphatic rings. The molecule has 0 bridgehead atoms. The minimum Gasteiger partial charge on any atom is -0.467 e. The molecule has 1 saturated heterocycles. The Morgan fingerprint density at radius 2 is 2.09 bits per heavy atom. The standard InChI is InChI=1S/C22H24N6O4/c1-2-14-6-3-4-8-17(14)24-22-26-18(25-21(23)27-22)13-32-20(30)15-10-19(29)28(11-15)12-16-7-5-9-31-16/h3-9,15H,2,10-13H2,1H3,(H3,23,24,25,26,27)/t15-/m0/s1. The second-order valence-corrected chi connectivity index (χ2v) is 7.43. The van der Waals surface area contributed by atoms with Crippen LogP contribution >= 0.6 is 0 Å². The Balaban J connectivity index is 1.36. The summed E-state index contributed by atoms with van der Waals surface area (Å²) in [4.78, 5) is 38.8. The van der Waals surface area contributed by atoms with Crippen LogP contribution in [0.5, 0.6) is 0 Å². The van der Waals surface area contributed by atoms with Gasteiger partial charge < -0.3 is 25.1 Å². The zero-order valence-corrected chi connectivity index (χ0v) is 17.7. The molecule has 0 spiro atoms. The summed E-state index contributed by atoms with van der Waals surface area (Å²) in [5.74, 6) is 0.0229. The summed E-state index contributed by atoms with van der Waals surface area (Å²) < 4.78 is 10.6. The number of hydrogen-bond acceptors (Lipinski definition) is 9. The summed E-state index contributed by atoms with van der Waals surface area (Å²) in [5, 5.41) is 3.14. The normalized spacial score (nSPS) is 15.7. The van der Waals surface area contributed by atoms with Crippen molar-refractivity contribution in [2.24, 2.45) is 5.92 Å². The maximum absolute atomic E-state index is 12.5. The van der Waals surface area contributed by atoms with E-state index in [1.54, 1.807) is 23.3 Å². The molecule has 1 fully saturated rings. The van der Waals surface area contributed by atoms with Gasteiger partial charge in [0.2, 0.25) is 17.8 Å². The van der Waals surface area contributed by atoms with E-state index in [0.717, 1.165) is 17.7 Å². The molecule has 0 radical (unpaired) electrons. The first-order chi connectivity index (χ1) is 15.5. The van der Waals surface area contributed by atoms with Crippen molar-refractivity contribution in [3.8, 4) is 0 Å². The van der Waals surface area contributed by atoms with Gasteiger partial charge in [0.05, 0.1) is 18.7 Å². The molecule has 1 atom stereocenters. The number of ether oxygens (including phenoxy) is 1. The SMILES string of the molecule is CCc1ccccc1Nc1nc(N)nc(COC(=O)[C@H]2CC(=O)N(Cc3ccco3)C2)n1. The number of hydrogen-bond donors (Lipinski definition) is 2. The van der Waals surface area contributed by atoms with Crippen LogP contribution in [0, 0.1) is 5.92 Å². The fourth-order valence-electron chi connectivity index (χ4n) is 3.56. The Labute approximate surface area is 184 Å². The summed E-state index contributed by atoms with van der Waals surface area (Å²) in [6.07, 6.45) is 2.48. The number of benzene rings is 1. The molecule has 0 aliphatic carbocycles. The molecule has 1 aliphatic heterocycles. The average Bonchev–Trinajstić information content (AvgIpc) is 3.42. The highest BCUT2D eigenvalue weighted by Gasteiger charge is 2.35. The number of amides is 1. The number of para-hydroxylation sites is 1. The fraction of sp³-hybridized carbons (Fsp3) is 0.318. The number of rotatable bonds is 8. The lowest BCUT2D eigenvalue weighted by Crippen LogP contribution is -2.26. The molecule has 3 aromatic rings. The monoisotopic (exact) mass is 436 g/mol. The minimum absolute atomic E-state index is 0.0168. The fourth-order valence-corrected chi connectivity index (χ4v) is 3.56. The number of likely N-dealkylation sites (tertiary alicyclic amines) is 1. The third kappa shape index (κ3) is 5.02. The van der Waals surface area contributed by atoms with Crippen LogP contribution in [0.4, 0.5) is 17.6 Å². The number of aromatic nitrogens is 3. The third-order valence-electron chi connectivity index (χ3n) is 5.16. The Morgan fingerprint density at radius 1 is 1.25 bits per heavy atom. The van der Waals surface area contributed by atoms with Crippen molar-refractivity contribution in [2.75, 3.05) is 17.6 Å². The maximum atomic E-state index is 12.5. The first kappa shape index (κ1) is 21.3. The van der Waals surface area contributed by atoms with E-state index >= 15 is 0 Å². The average molecular weight is 436 g/mol. The molecule has 2 aromatic heterocycles. The Hall–Kier alpha value is -3.95. The molecule has 3 heterocycles. The maximum Gasteiger partial charge on any atom is 0.311 e. The summed E-state index contributed by atoms with van der Waals surface area (Å²) in [6, 6.07) is 11.3. The highest BCUT2D eigenvalue weighted by molar-refractivity contribution is 5.86. The molecule has 1 aromatic carbocycles. The van der Waals surface area contributed by atoms with Crippen molar-refractivity contribution >= 4 is 29.5 Å². The van der Waals surface area contributed by atoms with Gasteiger partial charge in [0.15, 0.2) is 12.4 Å². The quantitative estimate of drug-likeness (QED) is 0.510. The lowest BCUT2D eigenvalue weighted by molar-refractivity contribution is -0.150. The van der Waals surface area contributed by atoms with E-state index < -0.39 is 11.9 Å². The minimum atomic E-state index is -0.550. The van der Waals surface area contributed by atoms with Gasteiger partial charge in [-0.1, -0.05) is 25.1 Å². The number of nitrogen functional groups attached to an aromatic ring is 1. The molecule has 32 heavy (non-hydrogen) atoms. The second-order valence-electron chi connectivity index (χ2n) is 7.43. The first-order valence-corrected chi connectivity index (χ1v) is 10.3. The number of carbonyl (C=O) groups excluding carboxylic acids is 2. The van der Waals surface area contributed by atoms with Gasteiger partial charge in [0.25, 0.3) is 0 Å². The smallest absolute Gasteiger partial charge is 0.311 e. The van der Waals surface area contributed by atoms with Crippen LogP contribution in [0.2, 0.25) is 0 Å². The number of nitrogens with one attached hydrogen (secondary N) is 1. The zero-order chi connectivity index (χ0) is 22.5. The van der Waals surface area contributed by atoms with Crippen LogP contribution in [0.3, 0.4) is 0 Å². The van der Waals surface area contributed by atoms with Crippen LogP contribution in [0.15, 0.2) is 47.1 Å². The predicted octanol–water partition coefficient (Wildman–Crippen LogP) is 2.44. The molecule has 10 heteroatoms. The third-order valence-corrected chi connectivity index (χ3v) is 5.16. The summed E-state index contributed by atoms with van der Waals surface area (Å²) >= 11 is 0. The van der Waals surface area contributed by atoms with Gasteiger partial charge in [0, 0.05) is 18.7 Å². The summed E-state index contributed by atoms with van der Waals surface area (Å²) in [7, 11) is 0. The number of anilines is 3. The number of furan rings is 1. The van der Waals surface area contributed by atoms with Crippen LogP contribution in [0.1, 0.15) is 30.5 Å². The van der Waals surface area contributed by atoms with Crippen LogP contribution in [0.25, 0.3) is 0 Å². The van der Waals surface area contributed by atoms with Gasteiger partial charge in [-0.05, 0) is 30.2 Å². The van der Waals surface area contributed by atoms with Gasteiger partial charge in [-0.3, -0.25) is 9.59 Å². The van der Waals surface area contributed by atoms with Crippen molar-refractivity contribution in [3.05, 3.63) is 59.8 Å². The number of aryl methyl sites for hydroxylation is 1. The van der Waals surface area contributed by atoms with Gasteiger partial charge in [0.1, 0.15) is 5.76 Å². The van der Waals surface area contributed by atoms with Gasteiger partial charge in [-0.2, -0.15) is 15.0 Å². The number of carbonyl (C=O) groups is 2. The molecular formula is C22H24N6O4. The zero-order valence-electron chi connectivity index (χ0n) is 17.7. The Kier molecular flexibility index (Phi) is 6.29. The molecule has 10 nitrogen and oxygen atoms in total. The van der Waals surface area contributed by atoms with E-state index in [2.05, 4.69) is 27.2 Å². The van der Waals surface area contributed by atoms with E-state index in [0.29, 0.717) is 12.3 Å². The van der Waals surface area contributed by atoms with E-state index in [4.69, 9.17) is 14.9 Å². The van der Waals surface area contributed by atoms with Crippen molar-refractivity contribution < 1.29 is 18.7 Å². The molecule has 0 saturated carbocycles. The number of nitrogens with two attached hydrogens (primary N) is 1. The Bertz CT molecular complexity index is 1100. The Morgan fingerprint density at radius 3 is 2.88 bits per heavy atom. The summed E-state index contributed by atoms with van der Waals surface area (Å²) in [6.45, 7) is 2.49.